The molecule has 6 nitrogen and oxygen atoms in total. The first kappa shape index (κ1) is 52.4. The van der Waals surface area contributed by atoms with E-state index in [1.807, 2.05) is 0 Å². The van der Waals surface area contributed by atoms with Crippen LogP contribution in [0, 0.1) is 0 Å². The fourth-order valence-corrected chi connectivity index (χ4v) is 6.24. The number of carbonyl (C=O) groups excluding carboxylic acids is 3. The summed E-state index contributed by atoms with van der Waals surface area (Å²) in [5, 5.41) is 0. The molecule has 0 aromatic carbocycles. The Labute approximate surface area is 339 Å². The van der Waals surface area contributed by atoms with Gasteiger partial charge in [-0.25, -0.2) is 0 Å². The van der Waals surface area contributed by atoms with Crippen LogP contribution in [-0.2, 0) is 28.6 Å². The zero-order valence-corrected chi connectivity index (χ0v) is 36.2. The third-order valence-corrected chi connectivity index (χ3v) is 9.81. The van der Waals surface area contributed by atoms with E-state index in [0.29, 0.717) is 19.3 Å². The molecule has 0 N–H and O–H groups in total. The van der Waals surface area contributed by atoms with E-state index in [-0.39, 0.29) is 31.1 Å². The Morgan fingerprint density at radius 1 is 0.364 bits per heavy atom. The van der Waals surface area contributed by atoms with Gasteiger partial charge in [-0.05, 0) is 70.6 Å². The molecule has 0 aromatic heterocycles. The number of hydrogen-bond donors (Lipinski definition) is 0. The lowest BCUT2D eigenvalue weighted by Crippen LogP contribution is -2.30. The predicted octanol–water partition coefficient (Wildman–Crippen LogP) is 14.8. The third kappa shape index (κ3) is 42.4. The minimum absolute atomic E-state index is 0.0824. The summed E-state index contributed by atoms with van der Waals surface area (Å²) >= 11 is 0. The molecule has 0 bridgehead atoms. The van der Waals surface area contributed by atoms with Gasteiger partial charge in [-0.2, -0.15) is 0 Å². The predicted molar refractivity (Wildman–Crippen MR) is 233 cm³/mol. The van der Waals surface area contributed by atoms with Gasteiger partial charge >= 0.3 is 17.9 Å². The van der Waals surface area contributed by atoms with Crippen molar-refractivity contribution in [3.63, 3.8) is 0 Å². The summed E-state index contributed by atoms with van der Waals surface area (Å²) in [4.78, 5) is 37.7. The normalized spacial score (nSPS) is 12.4. The molecule has 0 amide bonds. The largest absolute Gasteiger partial charge is 0.462 e. The van der Waals surface area contributed by atoms with Gasteiger partial charge in [0, 0.05) is 19.3 Å². The first-order chi connectivity index (χ1) is 27.0. The lowest BCUT2D eigenvalue weighted by molar-refractivity contribution is -0.167. The van der Waals surface area contributed by atoms with Crippen LogP contribution in [0.2, 0.25) is 0 Å². The first-order valence-corrected chi connectivity index (χ1v) is 23.1. The van der Waals surface area contributed by atoms with E-state index in [9.17, 15) is 14.4 Å². The van der Waals surface area contributed by atoms with Gasteiger partial charge in [-0.3, -0.25) is 14.4 Å². The Balaban J connectivity index is 4.40. The maximum absolute atomic E-state index is 12.7. The SMILES string of the molecule is CCCC/C=C\C/C=C\CCCCCCCC(=O)OC[C@@H](COC(=O)CCCCCCCCCCC)OC(=O)CCCCCCC/C=C\C/C=C\CCCC. The third-order valence-electron chi connectivity index (χ3n) is 9.81. The van der Waals surface area contributed by atoms with Crippen LogP contribution in [-0.4, -0.2) is 37.2 Å². The van der Waals surface area contributed by atoms with E-state index in [0.717, 1.165) is 103 Å². The number of ether oxygens (including phenoxy) is 3. The second-order valence-electron chi connectivity index (χ2n) is 15.3. The van der Waals surface area contributed by atoms with Crippen LogP contribution in [0.1, 0.15) is 226 Å². The maximum Gasteiger partial charge on any atom is 0.306 e. The van der Waals surface area contributed by atoms with Crippen molar-refractivity contribution in [1.82, 2.24) is 0 Å². The van der Waals surface area contributed by atoms with E-state index >= 15 is 0 Å². The standard InChI is InChI=1S/C49H86O6/c1-4-7-10-13-16-19-21-23-25-27-30-33-36-39-42-48(51)54-45-46(44-53-47(50)41-38-35-32-29-18-15-12-9-6-3)55-49(52)43-40-37-34-31-28-26-24-22-20-17-14-11-8-5-2/h13-14,16-17,21-24,46H,4-12,15,18-20,25-45H2,1-3H3/b16-13-,17-14-,23-21-,24-22-/t46-/m1/s1. The van der Waals surface area contributed by atoms with E-state index in [4.69, 9.17) is 14.2 Å². The van der Waals surface area contributed by atoms with Gasteiger partial charge in [0.1, 0.15) is 13.2 Å². The van der Waals surface area contributed by atoms with Crippen molar-refractivity contribution >= 4 is 17.9 Å². The van der Waals surface area contributed by atoms with Crippen molar-refractivity contribution in [2.45, 2.75) is 232 Å². The lowest BCUT2D eigenvalue weighted by atomic mass is 10.1. The molecule has 0 saturated heterocycles. The molecule has 0 aliphatic rings. The molecule has 0 radical (unpaired) electrons. The summed E-state index contributed by atoms with van der Waals surface area (Å²) in [7, 11) is 0. The number of esters is 3. The summed E-state index contributed by atoms with van der Waals surface area (Å²) in [6.45, 7) is 6.50. The lowest BCUT2D eigenvalue weighted by Gasteiger charge is -2.18. The van der Waals surface area contributed by atoms with Crippen molar-refractivity contribution < 1.29 is 28.6 Å². The zero-order chi connectivity index (χ0) is 40.1. The minimum atomic E-state index is -0.781. The average Bonchev–Trinajstić information content (AvgIpc) is 3.18. The monoisotopic (exact) mass is 771 g/mol. The van der Waals surface area contributed by atoms with Crippen molar-refractivity contribution in [2.75, 3.05) is 13.2 Å². The van der Waals surface area contributed by atoms with Gasteiger partial charge in [-0.15, -0.1) is 0 Å². The number of rotatable bonds is 41. The van der Waals surface area contributed by atoms with Crippen LogP contribution in [0.15, 0.2) is 48.6 Å². The van der Waals surface area contributed by atoms with Crippen LogP contribution >= 0.6 is 0 Å². The molecule has 0 aliphatic heterocycles. The molecule has 0 unspecified atom stereocenters. The molecular weight excluding hydrogens is 685 g/mol. The van der Waals surface area contributed by atoms with Gasteiger partial charge in [-0.1, -0.05) is 185 Å². The summed E-state index contributed by atoms with van der Waals surface area (Å²) in [5.74, 6) is -0.914. The Hall–Kier alpha value is -2.63. The van der Waals surface area contributed by atoms with E-state index in [1.54, 1.807) is 0 Å². The van der Waals surface area contributed by atoms with Crippen LogP contribution in [0.3, 0.4) is 0 Å². The maximum atomic E-state index is 12.7. The van der Waals surface area contributed by atoms with Crippen LogP contribution < -0.4 is 0 Å². The second kappa shape index (κ2) is 44.1. The average molecular weight is 771 g/mol. The number of hydrogen-bond acceptors (Lipinski definition) is 6. The molecule has 0 aromatic rings. The molecular formula is C49H86O6. The van der Waals surface area contributed by atoms with E-state index in [1.165, 1.54) is 83.5 Å². The van der Waals surface area contributed by atoms with E-state index in [2.05, 4.69) is 69.4 Å². The topological polar surface area (TPSA) is 78.9 Å². The Morgan fingerprint density at radius 2 is 0.673 bits per heavy atom. The van der Waals surface area contributed by atoms with Gasteiger partial charge in [0.2, 0.25) is 0 Å². The highest BCUT2D eigenvalue weighted by Crippen LogP contribution is 2.13. The van der Waals surface area contributed by atoms with Crippen LogP contribution in [0.25, 0.3) is 0 Å². The van der Waals surface area contributed by atoms with Crippen molar-refractivity contribution in [3.05, 3.63) is 48.6 Å². The summed E-state index contributed by atoms with van der Waals surface area (Å²) in [6.07, 6.45) is 50.9. The van der Waals surface area contributed by atoms with Crippen LogP contribution in [0.5, 0.6) is 0 Å². The molecule has 0 heterocycles. The number of carbonyl (C=O) groups is 3. The molecule has 0 aliphatic carbocycles. The highest BCUT2D eigenvalue weighted by molar-refractivity contribution is 5.71. The first-order valence-electron chi connectivity index (χ1n) is 23.1. The second-order valence-corrected chi connectivity index (χ2v) is 15.3. The van der Waals surface area contributed by atoms with Gasteiger partial charge in [0.15, 0.2) is 6.10 Å². The summed E-state index contributed by atoms with van der Waals surface area (Å²) < 4.78 is 16.7. The molecule has 0 rings (SSSR count). The van der Waals surface area contributed by atoms with Crippen molar-refractivity contribution in [3.8, 4) is 0 Å². The number of unbranched alkanes of at least 4 members (excludes halogenated alkanes) is 22. The van der Waals surface area contributed by atoms with Crippen molar-refractivity contribution in [1.29, 1.82) is 0 Å². The zero-order valence-electron chi connectivity index (χ0n) is 36.2. The van der Waals surface area contributed by atoms with Gasteiger partial charge in [0.25, 0.3) is 0 Å². The Morgan fingerprint density at radius 3 is 1.05 bits per heavy atom. The molecule has 0 saturated carbocycles. The molecule has 0 fully saturated rings. The Bertz CT molecular complexity index is 980. The fraction of sp³-hybridized carbons (Fsp3) is 0.776. The molecule has 0 spiro atoms. The smallest absolute Gasteiger partial charge is 0.306 e. The Kier molecular flexibility index (Phi) is 42.0. The van der Waals surface area contributed by atoms with Gasteiger partial charge in [0.05, 0.1) is 0 Å². The van der Waals surface area contributed by atoms with Crippen LogP contribution in [0.4, 0.5) is 0 Å². The fourth-order valence-electron chi connectivity index (χ4n) is 6.24. The summed E-state index contributed by atoms with van der Waals surface area (Å²) in [5.41, 5.74) is 0. The van der Waals surface area contributed by atoms with Gasteiger partial charge < -0.3 is 14.2 Å². The molecule has 55 heavy (non-hydrogen) atoms. The highest BCUT2D eigenvalue weighted by atomic mass is 16.6. The van der Waals surface area contributed by atoms with Crippen molar-refractivity contribution in [2.24, 2.45) is 0 Å². The molecule has 6 heteroatoms. The highest BCUT2D eigenvalue weighted by Gasteiger charge is 2.19. The molecule has 1 atom stereocenters. The minimum Gasteiger partial charge on any atom is -0.462 e. The molecule has 318 valence electrons. The number of allylic oxidation sites excluding steroid dienone is 8. The summed E-state index contributed by atoms with van der Waals surface area (Å²) in [6, 6.07) is 0. The quantitative estimate of drug-likeness (QED) is 0.0267. The van der Waals surface area contributed by atoms with E-state index < -0.39 is 6.10 Å².